The Balaban J connectivity index is 1.83. The van der Waals surface area contributed by atoms with Gasteiger partial charge in [-0.25, -0.2) is 0 Å². The average molecular weight is 332 g/mol. The van der Waals surface area contributed by atoms with E-state index in [4.69, 9.17) is 11.6 Å². The summed E-state index contributed by atoms with van der Waals surface area (Å²) in [6.07, 6.45) is 2.40. The van der Waals surface area contributed by atoms with E-state index in [-0.39, 0.29) is 11.9 Å². The lowest BCUT2D eigenvalue weighted by atomic mass is 10.0. The molecule has 4 nitrogen and oxygen atoms in total. The standard InChI is InChI=1S/C18H22ClN3O/c1-12-15(13(2)21(3)20-12)11-18(23)22-10-6-9-17(22)14-7-4-5-8-16(14)19/h4-5,7-8,17H,6,9-11H2,1-3H3/t17-/m1/s1. The van der Waals surface area contributed by atoms with Crippen LogP contribution < -0.4 is 0 Å². The molecule has 23 heavy (non-hydrogen) atoms. The lowest BCUT2D eigenvalue weighted by Gasteiger charge is -2.26. The normalized spacial score (nSPS) is 17.7. The van der Waals surface area contributed by atoms with Gasteiger partial charge < -0.3 is 4.90 Å². The number of benzene rings is 1. The van der Waals surface area contributed by atoms with E-state index in [2.05, 4.69) is 5.10 Å². The molecule has 0 radical (unpaired) electrons. The second-order valence-electron chi connectivity index (χ2n) is 6.22. The van der Waals surface area contributed by atoms with Gasteiger partial charge in [0.05, 0.1) is 18.2 Å². The van der Waals surface area contributed by atoms with Gasteiger partial charge in [0.2, 0.25) is 5.91 Å². The molecule has 3 rings (SSSR count). The molecule has 0 bridgehead atoms. The third-order valence-electron chi connectivity index (χ3n) is 4.82. The molecule has 0 unspecified atom stereocenters. The first-order chi connectivity index (χ1) is 11.0. The van der Waals surface area contributed by atoms with Crippen molar-refractivity contribution in [2.24, 2.45) is 7.05 Å². The average Bonchev–Trinajstić information content (AvgIpc) is 3.09. The zero-order chi connectivity index (χ0) is 16.6. The summed E-state index contributed by atoms with van der Waals surface area (Å²) in [5, 5.41) is 5.15. The predicted octanol–water partition coefficient (Wildman–Crippen LogP) is 3.60. The van der Waals surface area contributed by atoms with Gasteiger partial charge in [0.15, 0.2) is 0 Å². The minimum absolute atomic E-state index is 0.0912. The van der Waals surface area contributed by atoms with E-state index in [1.165, 1.54) is 0 Å². The first-order valence-electron chi connectivity index (χ1n) is 8.02. The zero-order valence-corrected chi connectivity index (χ0v) is 14.6. The molecule has 0 aliphatic carbocycles. The molecule has 0 N–H and O–H groups in total. The fraction of sp³-hybridized carbons (Fsp3) is 0.444. The molecule has 122 valence electrons. The van der Waals surface area contributed by atoms with Gasteiger partial charge in [-0.1, -0.05) is 29.8 Å². The van der Waals surface area contributed by atoms with Crippen molar-refractivity contribution < 1.29 is 4.79 Å². The first-order valence-corrected chi connectivity index (χ1v) is 8.39. The van der Waals surface area contributed by atoms with E-state index in [1.807, 2.05) is 54.7 Å². The number of rotatable bonds is 3. The molecular weight excluding hydrogens is 310 g/mol. The van der Waals surface area contributed by atoms with Gasteiger partial charge in [0, 0.05) is 29.9 Å². The van der Waals surface area contributed by atoms with E-state index in [9.17, 15) is 4.79 Å². The molecule has 0 saturated carbocycles. The quantitative estimate of drug-likeness (QED) is 0.862. The topological polar surface area (TPSA) is 38.1 Å². The van der Waals surface area contributed by atoms with Crippen LogP contribution in [0.15, 0.2) is 24.3 Å². The van der Waals surface area contributed by atoms with Gasteiger partial charge >= 0.3 is 0 Å². The first kappa shape index (κ1) is 16.1. The summed E-state index contributed by atoms with van der Waals surface area (Å²) < 4.78 is 1.84. The number of hydrogen-bond acceptors (Lipinski definition) is 2. The van der Waals surface area contributed by atoms with E-state index < -0.39 is 0 Å². The third-order valence-corrected chi connectivity index (χ3v) is 5.17. The monoisotopic (exact) mass is 331 g/mol. The molecule has 1 atom stereocenters. The number of hydrogen-bond donors (Lipinski definition) is 0. The van der Waals surface area contributed by atoms with Crippen LogP contribution in [-0.4, -0.2) is 27.1 Å². The summed E-state index contributed by atoms with van der Waals surface area (Å²) in [7, 11) is 1.92. The Morgan fingerprint density at radius 2 is 2.09 bits per heavy atom. The van der Waals surface area contributed by atoms with E-state index >= 15 is 0 Å². The Morgan fingerprint density at radius 3 is 2.74 bits per heavy atom. The Hall–Kier alpha value is -1.81. The van der Waals surface area contributed by atoms with Crippen molar-refractivity contribution in [3.8, 4) is 0 Å². The molecule has 5 heteroatoms. The maximum absolute atomic E-state index is 12.9. The highest BCUT2D eigenvalue weighted by atomic mass is 35.5. The highest BCUT2D eigenvalue weighted by Gasteiger charge is 2.31. The van der Waals surface area contributed by atoms with Crippen LogP contribution in [0, 0.1) is 13.8 Å². The molecule has 1 fully saturated rings. The van der Waals surface area contributed by atoms with E-state index in [0.29, 0.717) is 6.42 Å². The van der Waals surface area contributed by atoms with Crippen molar-refractivity contribution in [3.05, 3.63) is 51.8 Å². The van der Waals surface area contributed by atoms with Crippen molar-refractivity contribution in [2.45, 2.75) is 39.2 Å². The fourth-order valence-electron chi connectivity index (χ4n) is 3.46. The second-order valence-corrected chi connectivity index (χ2v) is 6.62. The largest absolute Gasteiger partial charge is 0.335 e. The van der Waals surface area contributed by atoms with Crippen LogP contribution in [-0.2, 0) is 18.3 Å². The second kappa shape index (κ2) is 6.36. The zero-order valence-electron chi connectivity index (χ0n) is 13.8. The minimum Gasteiger partial charge on any atom is -0.335 e. The van der Waals surface area contributed by atoms with Crippen LogP contribution in [0.4, 0.5) is 0 Å². The van der Waals surface area contributed by atoms with Gasteiger partial charge in [0.1, 0.15) is 0 Å². The van der Waals surface area contributed by atoms with E-state index in [0.717, 1.165) is 46.9 Å². The molecule has 1 amide bonds. The summed E-state index contributed by atoms with van der Waals surface area (Å²) in [5.41, 5.74) is 4.10. The van der Waals surface area contributed by atoms with Gasteiger partial charge in [-0.15, -0.1) is 0 Å². The number of halogens is 1. The smallest absolute Gasteiger partial charge is 0.227 e. The van der Waals surface area contributed by atoms with Crippen molar-refractivity contribution in [2.75, 3.05) is 6.54 Å². The van der Waals surface area contributed by atoms with Crippen molar-refractivity contribution in [3.63, 3.8) is 0 Å². The number of carbonyl (C=O) groups is 1. The summed E-state index contributed by atoms with van der Waals surface area (Å²) in [4.78, 5) is 14.8. The molecule has 2 aromatic rings. The lowest BCUT2D eigenvalue weighted by Crippen LogP contribution is -2.32. The molecule has 1 aliphatic rings. The molecule has 1 aromatic carbocycles. The van der Waals surface area contributed by atoms with Crippen LogP contribution in [0.3, 0.4) is 0 Å². The predicted molar refractivity (Wildman–Crippen MR) is 91.5 cm³/mol. The highest BCUT2D eigenvalue weighted by Crippen LogP contribution is 2.36. The number of nitrogens with zero attached hydrogens (tertiary/aromatic N) is 3. The summed E-state index contributed by atoms with van der Waals surface area (Å²) >= 11 is 6.34. The maximum atomic E-state index is 12.9. The summed E-state index contributed by atoms with van der Waals surface area (Å²) in [6, 6.07) is 7.92. The molecule has 1 saturated heterocycles. The number of aryl methyl sites for hydroxylation is 2. The number of amides is 1. The molecule has 1 aliphatic heterocycles. The number of likely N-dealkylation sites (tertiary alicyclic amines) is 1. The fourth-order valence-corrected chi connectivity index (χ4v) is 3.72. The van der Waals surface area contributed by atoms with Gasteiger partial charge in [0.25, 0.3) is 0 Å². The van der Waals surface area contributed by atoms with Crippen LogP contribution in [0.5, 0.6) is 0 Å². The van der Waals surface area contributed by atoms with E-state index in [1.54, 1.807) is 0 Å². The molecular formula is C18H22ClN3O. The van der Waals surface area contributed by atoms with Crippen LogP contribution in [0.1, 0.15) is 41.4 Å². The van der Waals surface area contributed by atoms with Gasteiger partial charge in [-0.2, -0.15) is 5.10 Å². The molecule has 2 heterocycles. The summed E-state index contributed by atoms with van der Waals surface area (Å²) in [5.74, 6) is 0.159. The Kier molecular flexibility index (Phi) is 4.44. The lowest BCUT2D eigenvalue weighted by molar-refractivity contribution is -0.131. The maximum Gasteiger partial charge on any atom is 0.227 e. The molecule has 1 aromatic heterocycles. The van der Waals surface area contributed by atoms with Gasteiger partial charge in [-0.05, 0) is 38.3 Å². The van der Waals surface area contributed by atoms with Crippen molar-refractivity contribution in [1.29, 1.82) is 0 Å². The molecule has 0 spiro atoms. The SMILES string of the molecule is Cc1nn(C)c(C)c1CC(=O)N1CCC[C@@H]1c1ccccc1Cl. The third kappa shape index (κ3) is 3.00. The Morgan fingerprint density at radius 1 is 1.35 bits per heavy atom. The Bertz CT molecular complexity index is 738. The van der Waals surface area contributed by atoms with Crippen LogP contribution in [0.25, 0.3) is 0 Å². The van der Waals surface area contributed by atoms with Crippen LogP contribution >= 0.6 is 11.6 Å². The summed E-state index contributed by atoms with van der Waals surface area (Å²) in [6.45, 7) is 4.77. The number of carbonyl (C=O) groups excluding carboxylic acids is 1. The van der Waals surface area contributed by atoms with Crippen LogP contribution in [0.2, 0.25) is 5.02 Å². The van der Waals surface area contributed by atoms with Gasteiger partial charge in [-0.3, -0.25) is 9.48 Å². The number of aromatic nitrogens is 2. The minimum atomic E-state index is 0.0912. The Labute approximate surface area is 142 Å². The van der Waals surface area contributed by atoms with Crippen molar-refractivity contribution in [1.82, 2.24) is 14.7 Å². The highest BCUT2D eigenvalue weighted by molar-refractivity contribution is 6.31. The van der Waals surface area contributed by atoms with Crippen molar-refractivity contribution >= 4 is 17.5 Å².